The Morgan fingerprint density at radius 3 is 2.88 bits per heavy atom. The molecule has 0 saturated carbocycles. The number of nitrogen functional groups attached to an aromatic ring is 1. The first-order valence-electron chi connectivity index (χ1n) is 7.54. The predicted molar refractivity (Wildman–Crippen MR) is 104 cm³/mol. The molecular formula is C18H16BrClN4O. The van der Waals surface area contributed by atoms with E-state index in [4.69, 9.17) is 22.1 Å². The second-order valence-corrected chi connectivity index (χ2v) is 6.78. The maximum absolute atomic E-state index is 6.01. The van der Waals surface area contributed by atoms with Crippen LogP contribution in [0, 0.1) is 6.92 Å². The number of anilines is 1. The van der Waals surface area contributed by atoms with E-state index in [1.165, 1.54) is 4.68 Å². The Kier molecular flexibility index (Phi) is 5.40. The molecule has 1 aromatic heterocycles. The summed E-state index contributed by atoms with van der Waals surface area (Å²) < 4.78 is 8.38. The zero-order valence-corrected chi connectivity index (χ0v) is 15.8. The number of nitrogens with two attached hydrogens (primary N) is 1. The highest BCUT2D eigenvalue weighted by molar-refractivity contribution is 9.10. The summed E-state index contributed by atoms with van der Waals surface area (Å²) in [5, 5.41) is 5.03. The summed E-state index contributed by atoms with van der Waals surface area (Å²) in [6.45, 7) is 2.27. The molecule has 0 radical (unpaired) electrons. The van der Waals surface area contributed by atoms with Gasteiger partial charge in [0.25, 0.3) is 0 Å². The maximum Gasteiger partial charge on any atom is 0.221 e. The third-order valence-electron chi connectivity index (χ3n) is 3.41. The van der Waals surface area contributed by atoms with Crippen molar-refractivity contribution in [2.45, 2.75) is 13.5 Å². The summed E-state index contributed by atoms with van der Waals surface area (Å²) in [5.41, 5.74) is 8.43. The fourth-order valence-electron chi connectivity index (χ4n) is 2.26. The van der Waals surface area contributed by atoms with E-state index >= 15 is 0 Å². The van der Waals surface area contributed by atoms with Crippen LogP contribution in [-0.4, -0.2) is 15.9 Å². The predicted octanol–water partition coefficient (Wildman–Crippen LogP) is 4.65. The Morgan fingerprint density at radius 1 is 1.32 bits per heavy atom. The molecule has 0 spiro atoms. The molecule has 2 N–H and O–H groups in total. The van der Waals surface area contributed by atoms with Crippen molar-refractivity contribution in [1.82, 2.24) is 9.66 Å². The fourth-order valence-corrected chi connectivity index (χ4v) is 2.85. The lowest BCUT2D eigenvalue weighted by Gasteiger charge is -2.10. The molecule has 0 bridgehead atoms. The lowest BCUT2D eigenvalue weighted by Crippen LogP contribution is -2.00. The molecule has 0 saturated heterocycles. The van der Waals surface area contributed by atoms with Gasteiger partial charge in [0.2, 0.25) is 5.95 Å². The van der Waals surface area contributed by atoms with E-state index in [9.17, 15) is 0 Å². The van der Waals surface area contributed by atoms with Crippen molar-refractivity contribution in [3.05, 3.63) is 75.0 Å². The van der Waals surface area contributed by atoms with Crippen molar-refractivity contribution >= 4 is 39.7 Å². The lowest BCUT2D eigenvalue weighted by atomic mass is 10.2. The minimum absolute atomic E-state index is 0.338. The molecule has 5 nitrogen and oxygen atoms in total. The van der Waals surface area contributed by atoms with Crippen LogP contribution in [0.1, 0.15) is 16.8 Å². The molecule has 0 amide bonds. The third kappa shape index (κ3) is 4.61. The van der Waals surface area contributed by atoms with E-state index in [-0.39, 0.29) is 0 Å². The summed E-state index contributed by atoms with van der Waals surface area (Å²) in [5.74, 6) is 1.05. The number of hydrogen-bond acceptors (Lipinski definition) is 4. The molecule has 0 aliphatic heterocycles. The first kappa shape index (κ1) is 17.5. The van der Waals surface area contributed by atoms with Crippen LogP contribution in [0.15, 0.2) is 58.2 Å². The Balaban J connectivity index is 1.81. The number of nitrogens with zero attached hydrogens (tertiary/aromatic N) is 3. The van der Waals surface area contributed by atoms with Gasteiger partial charge in [-0.3, -0.25) is 0 Å². The average molecular weight is 420 g/mol. The van der Waals surface area contributed by atoms with Gasteiger partial charge in [0.15, 0.2) is 0 Å². The number of hydrogen-bond donors (Lipinski definition) is 1. The van der Waals surface area contributed by atoms with Crippen molar-refractivity contribution in [2.24, 2.45) is 5.10 Å². The molecule has 0 unspecified atom stereocenters. The van der Waals surface area contributed by atoms with Crippen LogP contribution in [0.25, 0.3) is 0 Å². The number of aryl methyl sites for hydroxylation is 1. The van der Waals surface area contributed by atoms with Crippen molar-refractivity contribution in [3.63, 3.8) is 0 Å². The molecule has 0 aliphatic carbocycles. The van der Waals surface area contributed by atoms with Crippen LogP contribution in [0.5, 0.6) is 5.75 Å². The Bertz CT molecular complexity index is 923. The zero-order valence-electron chi connectivity index (χ0n) is 13.5. The number of aromatic nitrogens is 2. The highest BCUT2D eigenvalue weighted by atomic mass is 79.9. The fraction of sp³-hybridized carbons (Fsp3) is 0.111. The quantitative estimate of drug-likeness (QED) is 0.612. The molecule has 7 heteroatoms. The van der Waals surface area contributed by atoms with E-state index < -0.39 is 0 Å². The van der Waals surface area contributed by atoms with Gasteiger partial charge in [-0.1, -0.05) is 39.7 Å². The molecule has 0 aliphatic rings. The summed E-state index contributed by atoms with van der Waals surface area (Å²) in [6.07, 6.45) is 3.45. The molecule has 0 atom stereocenters. The average Bonchev–Trinajstić information content (AvgIpc) is 2.89. The van der Waals surface area contributed by atoms with Gasteiger partial charge in [-0.25, -0.2) is 9.66 Å². The van der Waals surface area contributed by atoms with Gasteiger partial charge in [-0.15, -0.1) is 0 Å². The van der Waals surface area contributed by atoms with E-state index in [1.807, 2.05) is 49.4 Å². The number of imidazole rings is 1. The number of ether oxygens (including phenoxy) is 1. The lowest BCUT2D eigenvalue weighted by molar-refractivity contribution is 0.306. The Labute approximate surface area is 159 Å². The summed E-state index contributed by atoms with van der Waals surface area (Å²) in [7, 11) is 0. The van der Waals surface area contributed by atoms with E-state index in [0.717, 1.165) is 21.3 Å². The SMILES string of the molecule is Cc1cn(N=Cc2cc(Br)ccc2OCc2cccc(Cl)c2)c(N)n1. The van der Waals surface area contributed by atoms with Gasteiger partial charge in [-0.05, 0) is 42.8 Å². The second-order valence-electron chi connectivity index (χ2n) is 5.43. The molecule has 128 valence electrons. The van der Waals surface area contributed by atoms with Gasteiger partial charge in [0, 0.05) is 15.1 Å². The highest BCUT2D eigenvalue weighted by Gasteiger charge is 2.05. The minimum Gasteiger partial charge on any atom is -0.488 e. The van der Waals surface area contributed by atoms with E-state index in [0.29, 0.717) is 23.3 Å². The minimum atomic E-state index is 0.338. The monoisotopic (exact) mass is 418 g/mol. The van der Waals surface area contributed by atoms with Gasteiger partial charge in [0.05, 0.1) is 18.1 Å². The van der Waals surface area contributed by atoms with Crippen molar-refractivity contribution in [2.75, 3.05) is 5.73 Å². The van der Waals surface area contributed by atoms with Crippen LogP contribution in [0.2, 0.25) is 5.02 Å². The van der Waals surface area contributed by atoms with Crippen molar-refractivity contribution < 1.29 is 4.74 Å². The highest BCUT2D eigenvalue weighted by Crippen LogP contribution is 2.23. The molecule has 2 aromatic carbocycles. The van der Waals surface area contributed by atoms with Crippen LogP contribution in [0.3, 0.4) is 0 Å². The van der Waals surface area contributed by atoms with Crippen molar-refractivity contribution in [3.8, 4) is 5.75 Å². The number of benzene rings is 2. The molecule has 3 rings (SSSR count). The summed E-state index contributed by atoms with van der Waals surface area (Å²) in [6, 6.07) is 13.3. The van der Waals surface area contributed by atoms with Crippen LogP contribution in [0.4, 0.5) is 5.95 Å². The van der Waals surface area contributed by atoms with Gasteiger partial charge >= 0.3 is 0 Å². The van der Waals surface area contributed by atoms with Gasteiger partial charge in [0.1, 0.15) is 12.4 Å². The molecule has 25 heavy (non-hydrogen) atoms. The van der Waals surface area contributed by atoms with Gasteiger partial charge in [-0.2, -0.15) is 5.10 Å². The summed E-state index contributed by atoms with van der Waals surface area (Å²) in [4.78, 5) is 4.12. The first-order valence-corrected chi connectivity index (χ1v) is 8.71. The zero-order chi connectivity index (χ0) is 17.8. The molecule has 0 fully saturated rings. The van der Waals surface area contributed by atoms with E-state index in [1.54, 1.807) is 12.4 Å². The maximum atomic E-state index is 6.01. The van der Waals surface area contributed by atoms with Crippen LogP contribution in [-0.2, 0) is 6.61 Å². The number of halogens is 2. The smallest absolute Gasteiger partial charge is 0.221 e. The Hall–Kier alpha value is -2.31. The summed E-state index contributed by atoms with van der Waals surface area (Å²) >= 11 is 9.48. The van der Waals surface area contributed by atoms with Crippen LogP contribution < -0.4 is 10.5 Å². The van der Waals surface area contributed by atoms with Crippen molar-refractivity contribution in [1.29, 1.82) is 0 Å². The number of rotatable bonds is 5. The topological polar surface area (TPSA) is 65.4 Å². The molecular weight excluding hydrogens is 404 g/mol. The second kappa shape index (κ2) is 7.72. The van der Waals surface area contributed by atoms with E-state index in [2.05, 4.69) is 26.0 Å². The first-order chi connectivity index (χ1) is 12.0. The Morgan fingerprint density at radius 2 is 2.16 bits per heavy atom. The molecule has 1 heterocycles. The van der Waals surface area contributed by atoms with Crippen LogP contribution >= 0.6 is 27.5 Å². The normalized spacial score (nSPS) is 11.2. The van der Waals surface area contributed by atoms with Gasteiger partial charge < -0.3 is 10.5 Å². The standard InChI is InChI=1S/C18H16BrClN4O/c1-12-10-24(18(21)23-12)22-9-14-8-15(19)5-6-17(14)25-11-13-3-2-4-16(20)7-13/h2-10H,11H2,1H3,(H2,21,23). The third-order valence-corrected chi connectivity index (χ3v) is 4.14. The largest absolute Gasteiger partial charge is 0.488 e. The molecule has 3 aromatic rings.